The van der Waals surface area contributed by atoms with E-state index in [1.54, 1.807) is 12.5 Å². The van der Waals surface area contributed by atoms with Gasteiger partial charge in [-0.15, -0.1) is 0 Å². The SMILES string of the molecule is CC(C)NC(=O)c1cn(Cc2ccccc2)cn1. The molecule has 0 bridgehead atoms. The van der Waals surface area contributed by atoms with Gasteiger partial charge in [-0.05, 0) is 19.4 Å². The van der Waals surface area contributed by atoms with Crippen LogP contribution in [0.4, 0.5) is 0 Å². The van der Waals surface area contributed by atoms with Gasteiger partial charge < -0.3 is 9.88 Å². The normalized spacial score (nSPS) is 10.6. The second-order valence-electron chi connectivity index (χ2n) is 4.55. The third kappa shape index (κ3) is 3.20. The van der Waals surface area contributed by atoms with E-state index < -0.39 is 0 Å². The molecule has 0 unspecified atom stereocenters. The number of nitrogens with zero attached hydrogens (tertiary/aromatic N) is 2. The van der Waals surface area contributed by atoms with E-state index in [0.717, 1.165) is 6.54 Å². The van der Waals surface area contributed by atoms with Crippen molar-refractivity contribution in [2.75, 3.05) is 0 Å². The molecule has 2 aromatic rings. The number of hydrogen-bond acceptors (Lipinski definition) is 2. The molecule has 1 amide bonds. The maximum atomic E-state index is 11.7. The van der Waals surface area contributed by atoms with E-state index in [0.29, 0.717) is 5.69 Å². The van der Waals surface area contributed by atoms with E-state index in [2.05, 4.69) is 10.3 Å². The summed E-state index contributed by atoms with van der Waals surface area (Å²) in [4.78, 5) is 15.9. The molecule has 0 radical (unpaired) electrons. The van der Waals surface area contributed by atoms with Crippen molar-refractivity contribution < 1.29 is 4.79 Å². The Hall–Kier alpha value is -2.10. The van der Waals surface area contributed by atoms with Gasteiger partial charge in [0.15, 0.2) is 0 Å². The Labute approximate surface area is 107 Å². The number of carbonyl (C=O) groups is 1. The first-order valence-corrected chi connectivity index (χ1v) is 6.01. The molecule has 0 atom stereocenters. The molecule has 1 N–H and O–H groups in total. The zero-order valence-corrected chi connectivity index (χ0v) is 10.6. The molecule has 0 saturated heterocycles. The van der Waals surface area contributed by atoms with Crippen molar-refractivity contribution in [2.24, 2.45) is 0 Å². The van der Waals surface area contributed by atoms with E-state index >= 15 is 0 Å². The zero-order chi connectivity index (χ0) is 13.0. The summed E-state index contributed by atoms with van der Waals surface area (Å²) in [5.41, 5.74) is 1.64. The van der Waals surface area contributed by atoms with E-state index in [4.69, 9.17) is 0 Å². The molecule has 0 aliphatic carbocycles. The van der Waals surface area contributed by atoms with E-state index in [9.17, 15) is 4.79 Å². The number of aromatic nitrogens is 2. The Morgan fingerprint density at radius 2 is 2.06 bits per heavy atom. The van der Waals surface area contributed by atoms with Crippen molar-refractivity contribution in [2.45, 2.75) is 26.4 Å². The van der Waals surface area contributed by atoms with E-state index in [1.807, 2.05) is 48.7 Å². The van der Waals surface area contributed by atoms with Crippen LogP contribution in [0.1, 0.15) is 29.9 Å². The van der Waals surface area contributed by atoms with Gasteiger partial charge in [-0.1, -0.05) is 30.3 Å². The van der Waals surface area contributed by atoms with Gasteiger partial charge in [0.05, 0.1) is 6.33 Å². The van der Waals surface area contributed by atoms with Crippen LogP contribution in [0, 0.1) is 0 Å². The third-order valence-electron chi connectivity index (χ3n) is 2.49. The lowest BCUT2D eigenvalue weighted by Gasteiger charge is -2.05. The highest BCUT2D eigenvalue weighted by Gasteiger charge is 2.10. The second-order valence-corrected chi connectivity index (χ2v) is 4.55. The fraction of sp³-hybridized carbons (Fsp3) is 0.286. The highest BCUT2D eigenvalue weighted by molar-refractivity contribution is 5.92. The van der Waals surface area contributed by atoms with E-state index in [1.165, 1.54) is 5.56 Å². The molecule has 0 saturated carbocycles. The van der Waals surface area contributed by atoms with Crippen LogP contribution in [0.5, 0.6) is 0 Å². The molecule has 18 heavy (non-hydrogen) atoms. The first kappa shape index (κ1) is 12.4. The maximum Gasteiger partial charge on any atom is 0.271 e. The van der Waals surface area contributed by atoms with Gasteiger partial charge in [-0.25, -0.2) is 4.98 Å². The van der Waals surface area contributed by atoms with Gasteiger partial charge in [-0.3, -0.25) is 4.79 Å². The van der Waals surface area contributed by atoms with Crippen molar-refractivity contribution >= 4 is 5.91 Å². The van der Waals surface area contributed by atoms with Crippen LogP contribution in [-0.2, 0) is 6.54 Å². The second kappa shape index (κ2) is 5.49. The molecule has 1 aromatic heterocycles. The maximum absolute atomic E-state index is 11.7. The Balaban J connectivity index is 2.04. The molecule has 1 aromatic carbocycles. The van der Waals surface area contributed by atoms with Crippen LogP contribution < -0.4 is 5.32 Å². The minimum absolute atomic E-state index is 0.122. The summed E-state index contributed by atoms with van der Waals surface area (Å²) < 4.78 is 1.91. The van der Waals surface area contributed by atoms with Gasteiger partial charge in [0, 0.05) is 18.8 Å². The monoisotopic (exact) mass is 243 g/mol. The number of imidazole rings is 1. The van der Waals surface area contributed by atoms with Crippen molar-refractivity contribution in [1.82, 2.24) is 14.9 Å². The Morgan fingerprint density at radius 1 is 1.33 bits per heavy atom. The molecule has 0 aliphatic rings. The number of hydrogen-bond donors (Lipinski definition) is 1. The largest absolute Gasteiger partial charge is 0.348 e. The summed E-state index contributed by atoms with van der Waals surface area (Å²) in [5, 5.41) is 2.82. The van der Waals surface area contributed by atoms with Crippen LogP contribution in [-0.4, -0.2) is 21.5 Å². The molecule has 1 heterocycles. The van der Waals surface area contributed by atoms with Crippen molar-refractivity contribution in [3.63, 3.8) is 0 Å². The molecule has 0 spiro atoms. The summed E-state index contributed by atoms with van der Waals surface area (Å²) in [7, 11) is 0. The molecular formula is C14H17N3O. The summed E-state index contributed by atoms with van der Waals surface area (Å²) in [6.45, 7) is 4.58. The fourth-order valence-corrected chi connectivity index (χ4v) is 1.69. The highest BCUT2D eigenvalue weighted by atomic mass is 16.1. The summed E-state index contributed by atoms with van der Waals surface area (Å²) >= 11 is 0. The molecule has 4 heteroatoms. The van der Waals surface area contributed by atoms with Gasteiger partial charge >= 0.3 is 0 Å². The first-order chi connectivity index (χ1) is 8.65. The topological polar surface area (TPSA) is 46.9 Å². The minimum Gasteiger partial charge on any atom is -0.348 e. The van der Waals surface area contributed by atoms with Crippen molar-refractivity contribution in [3.05, 3.63) is 54.1 Å². The predicted molar refractivity (Wildman–Crippen MR) is 70.4 cm³/mol. The van der Waals surface area contributed by atoms with Crippen LogP contribution >= 0.6 is 0 Å². The fourth-order valence-electron chi connectivity index (χ4n) is 1.69. The number of carbonyl (C=O) groups excluding carboxylic acids is 1. The Bertz CT molecular complexity index is 517. The van der Waals surface area contributed by atoms with Gasteiger partial charge in [0.25, 0.3) is 5.91 Å². The van der Waals surface area contributed by atoms with Crippen LogP contribution in [0.3, 0.4) is 0 Å². The van der Waals surface area contributed by atoms with Gasteiger partial charge in [0.2, 0.25) is 0 Å². The average molecular weight is 243 g/mol. The predicted octanol–water partition coefficient (Wildman–Crippen LogP) is 2.07. The van der Waals surface area contributed by atoms with Crippen LogP contribution in [0.15, 0.2) is 42.9 Å². The van der Waals surface area contributed by atoms with Crippen molar-refractivity contribution in [1.29, 1.82) is 0 Å². The molecular weight excluding hydrogens is 226 g/mol. The summed E-state index contributed by atoms with van der Waals surface area (Å²) in [5.74, 6) is -0.128. The molecule has 0 aliphatic heterocycles. The van der Waals surface area contributed by atoms with Gasteiger partial charge in [-0.2, -0.15) is 0 Å². The first-order valence-electron chi connectivity index (χ1n) is 6.01. The molecule has 94 valence electrons. The number of nitrogens with one attached hydrogen (secondary N) is 1. The zero-order valence-electron chi connectivity index (χ0n) is 10.6. The molecule has 2 rings (SSSR count). The van der Waals surface area contributed by atoms with Gasteiger partial charge in [0.1, 0.15) is 5.69 Å². The summed E-state index contributed by atoms with van der Waals surface area (Å²) in [6.07, 6.45) is 3.45. The lowest BCUT2D eigenvalue weighted by Crippen LogP contribution is -2.30. The summed E-state index contributed by atoms with van der Waals surface area (Å²) in [6, 6.07) is 10.2. The number of benzene rings is 1. The number of rotatable bonds is 4. The lowest BCUT2D eigenvalue weighted by atomic mass is 10.2. The third-order valence-corrected chi connectivity index (χ3v) is 2.49. The van der Waals surface area contributed by atoms with E-state index in [-0.39, 0.29) is 11.9 Å². The average Bonchev–Trinajstić information content (AvgIpc) is 2.78. The quantitative estimate of drug-likeness (QED) is 0.893. The Morgan fingerprint density at radius 3 is 2.72 bits per heavy atom. The Kier molecular flexibility index (Phi) is 3.77. The highest BCUT2D eigenvalue weighted by Crippen LogP contribution is 2.04. The lowest BCUT2D eigenvalue weighted by molar-refractivity contribution is 0.0938. The standard InChI is InChI=1S/C14H17N3O/c1-11(2)16-14(18)13-9-17(10-15-13)8-12-6-4-3-5-7-12/h3-7,9-11H,8H2,1-2H3,(H,16,18). The smallest absolute Gasteiger partial charge is 0.271 e. The molecule has 4 nitrogen and oxygen atoms in total. The van der Waals surface area contributed by atoms with Crippen molar-refractivity contribution in [3.8, 4) is 0 Å². The molecule has 0 fully saturated rings. The van der Waals surface area contributed by atoms with Crippen LogP contribution in [0.2, 0.25) is 0 Å². The number of amides is 1. The van der Waals surface area contributed by atoms with Crippen LogP contribution in [0.25, 0.3) is 0 Å². The minimum atomic E-state index is -0.128.